The molecule has 2 aromatic carbocycles. The first-order chi connectivity index (χ1) is 10.6. The monoisotopic (exact) mass is 337 g/mol. The van der Waals surface area contributed by atoms with E-state index in [1.54, 1.807) is 20.8 Å². The fraction of sp³-hybridized carbons (Fsp3) is 0.200. The molecule has 0 atom stereocenters. The summed E-state index contributed by atoms with van der Waals surface area (Å²) >= 11 is 0. The summed E-state index contributed by atoms with van der Waals surface area (Å²) in [6.45, 7) is 4.77. The van der Waals surface area contributed by atoms with Gasteiger partial charge in [-0.2, -0.15) is 8.42 Å². The summed E-state index contributed by atoms with van der Waals surface area (Å²) in [5.41, 5.74) is 0.919. The highest BCUT2D eigenvalue weighted by Crippen LogP contribution is 2.32. The summed E-state index contributed by atoms with van der Waals surface area (Å²) in [5.74, 6) is -0.358. The first kappa shape index (κ1) is 16.8. The van der Waals surface area contributed by atoms with Gasteiger partial charge in [-0.05, 0) is 55.7 Å². The summed E-state index contributed by atoms with van der Waals surface area (Å²) in [4.78, 5) is 10.1. The molecule has 23 heavy (non-hydrogen) atoms. The number of hydrogen-bond acceptors (Lipinski definition) is 6. The fourth-order valence-corrected chi connectivity index (χ4v) is 3.17. The van der Waals surface area contributed by atoms with Gasteiger partial charge in [-0.1, -0.05) is 6.07 Å². The Morgan fingerprint density at radius 2 is 1.65 bits per heavy atom. The van der Waals surface area contributed by atoms with Crippen molar-refractivity contribution in [3.05, 3.63) is 57.1 Å². The van der Waals surface area contributed by atoms with Crippen LogP contribution < -0.4 is 4.18 Å². The smallest absolute Gasteiger partial charge is 0.339 e. The third kappa shape index (κ3) is 3.42. The summed E-state index contributed by atoms with van der Waals surface area (Å²) in [5, 5.41) is 20.7. The van der Waals surface area contributed by atoms with Crippen molar-refractivity contribution in [2.75, 3.05) is 0 Å². The van der Waals surface area contributed by atoms with Crippen molar-refractivity contribution in [1.29, 1.82) is 0 Å². The summed E-state index contributed by atoms with van der Waals surface area (Å²) in [7, 11) is -4.26. The summed E-state index contributed by atoms with van der Waals surface area (Å²) in [6, 6.07) is 6.47. The fourth-order valence-electron chi connectivity index (χ4n) is 2.07. The molecule has 0 aliphatic rings. The number of nitro benzene ring substituents is 1. The molecule has 0 aliphatic carbocycles. The van der Waals surface area contributed by atoms with Crippen LogP contribution in [-0.2, 0) is 10.1 Å². The number of rotatable bonds is 4. The van der Waals surface area contributed by atoms with Crippen molar-refractivity contribution in [1.82, 2.24) is 0 Å². The third-order valence-corrected chi connectivity index (χ3v) is 4.48. The van der Waals surface area contributed by atoms with Crippen LogP contribution in [0.3, 0.4) is 0 Å². The Kier molecular flexibility index (Phi) is 4.28. The van der Waals surface area contributed by atoms with Gasteiger partial charge in [-0.3, -0.25) is 10.1 Å². The molecule has 2 rings (SSSR count). The molecule has 0 saturated heterocycles. The molecule has 0 saturated carbocycles. The molecule has 0 radical (unpaired) electrons. The predicted molar refractivity (Wildman–Crippen MR) is 83.2 cm³/mol. The van der Waals surface area contributed by atoms with Crippen LogP contribution in [0.15, 0.2) is 35.2 Å². The van der Waals surface area contributed by atoms with Crippen LogP contribution in [0.5, 0.6) is 11.5 Å². The van der Waals surface area contributed by atoms with Gasteiger partial charge in [0.15, 0.2) is 0 Å². The Balaban J connectivity index is 2.51. The summed E-state index contributed by atoms with van der Waals surface area (Å²) < 4.78 is 29.7. The molecule has 0 aromatic heterocycles. The largest absolute Gasteiger partial charge is 0.507 e. The van der Waals surface area contributed by atoms with E-state index in [2.05, 4.69) is 0 Å². The second-order valence-corrected chi connectivity index (χ2v) is 6.72. The van der Waals surface area contributed by atoms with E-state index in [9.17, 15) is 23.6 Å². The molecular formula is C15H15NO6S. The van der Waals surface area contributed by atoms with E-state index < -0.39 is 20.7 Å². The van der Waals surface area contributed by atoms with Gasteiger partial charge < -0.3 is 9.29 Å². The number of phenolic OH excluding ortho intramolecular Hbond substituents is 1. The van der Waals surface area contributed by atoms with Gasteiger partial charge in [0.25, 0.3) is 0 Å². The number of phenols is 1. The Morgan fingerprint density at radius 1 is 1.09 bits per heavy atom. The second-order valence-electron chi connectivity index (χ2n) is 5.17. The maximum atomic E-state index is 12.4. The highest BCUT2D eigenvalue weighted by atomic mass is 32.2. The van der Waals surface area contributed by atoms with Crippen LogP contribution >= 0.6 is 0 Å². The molecule has 0 spiro atoms. The van der Waals surface area contributed by atoms with E-state index in [0.29, 0.717) is 16.7 Å². The van der Waals surface area contributed by atoms with E-state index in [-0.39, 0.29) is 16.4 Å². The SMILES string of the molecule is Cc1ccc([N+](=O)[O-])c(OS(=O)(=O)c2cc(C)c(O)c(C)c2)c1. The first-order valence-electron chi connectivity index (χ1n) is 6.61. The molecule has 0 heterocycles. The Labute approximate surface area is 133 Å². The number of aromatic hydroxyl groups is 1. The zero-order chi connectivity index (χ0) is 17.4. The first-order valence-corrected chi connectivity index (χ1v) is 8.02. The Bertz CT molecular complexity index is 866. The lowest BCUT2D eigenvalue weighted by atomic mass is 10.1. The maximum absolute atomic E-state index is 12.4. The summed E-state index contributed by atoms with van der Waals surface area (Å²) in [6.07, 6.45) is 0. The van der Waals surface area contributed by atoms with Crippen LogP contribution in [0.4, 0.5) is 5.69 Å². The zero-order valence-corrected chi connectivity index (χ0v) is 13.5. The standard InChI is InChI=1S/C15H15NO6S/c1-9-4-5-13(16(18)19)14(6-9)22-23(20,21)12-7-10(2)15(17)11(3)8-12/h4-8,17H,1-3H3. The van der Waals surface area contributed by atoms with Crippen molar-refractivity contribution in [2.45, 2.75) is 25.7 Å². The van der Waals surface area contributed by atoms with Crippen molar-refractivity contribution in [3.8, 4) is 11.5 Å². The maximum Gasteiger partial charge on any atom is 0.339 e. The lowest BCUT2D eigenvalue weighted by Gasteiger charge is -2.10. The Hall–Kier alpha value is -2.61. The van der Waals surface area contributed by atoms with Gasteiger partial charge >= 0.3 is 15.8 Å². The normalized spacial score (nSPS) is 11.3. The molecular weight excluding hydrogens is 322 g/mol. The lowest BCUT2D eigenvalue weighted by molar-refractivity contribution is -0.385. The lowest BCUT2D eigenvalue weighted by Crippen LogP contribution is -2.11. The quantitative estimate of drug-likeness (QED) is 0.522. The van der Waals surface area contributed by atoms with Gasteiger partial charge in [0.1, 0.15) is 10.6 Å². The Morgan fingerprint density at radius 3 is 2.17 bits per heavy atom. The average molecular weight is 337 g/mol. The molecule has 0 bridgehead atoms. The minimum atomic E-state index is -4.26. The van der Waals surface area contributed by atoms with Crippen molar-refractivity contribution >= 4 is 15.8 Å². The molecule has 0 fully saturated rings. The molecule has 0 aliphatic heterocycles. The van der Waals surface area contributed by atoms with Crippen LogP contribution in [-0.4, -0.2) is 18.4 Å². The van der Waals surface area contributed by atoms with Crippen molar-refractivity contribution in [3.63, 3.8) is 0 Å². The van der Waals surface area contributed by atoms with Crippen LogP contribution in [0.2, 0.25) is 0 Å². The molecule has 0 amide bonds. The molecule has 1 N–H and O–H groups in total. The van der Waals surface area contributed by atoms with E-state index in [1.165, 1.54) is 30.3 Å². The van der Waals surface area contributed by atoms with E-state index in [0.717, 1.165) is 0 Å². The number of nitrogens with zero attached hydrogens (tertiary/aromatic N) is 1. The van der Waals surface area contributed by atoms with Gasteiger partial charge in [0.2, 0.25) is 5.75 Å². The molecule has 122 valence electrons. The number of hydrogen-bond donors (Lipinski definition) is 1. The van der Waals surface area contributed by atoms with Crippen molar-refractivity contribution < 1.29 is 22.6 Å². The van der Waals surface area contributed by atoms with E-state index in [4.69, 9.17) is 4.18 Å². The van der Waals surface area contributed by atoms with E-state index in [1.807, 2.05) is 0 Å². The predicted octanol–water partition coefficient (Wildman–Crippen LogP) is 2.99. The van der Waals surface area contributed by atoms with Gasteiger partial charge in [0, 0.05) is 6.07 Å². The number of benzene rings is 2. The average Bonchev–Trinajstić information content (AvgIpc) is 2.43. The van der Waals surface area contributed by atoms with E-state index >= 15 is 0 Å². The second kappa shape index (κ2) is 5.88. The minimum absolute atomic E-state index is 0.00881. The van der Waals surface area contributed by atoms with Gasteiger partial charge in [-0.15, -0.1) is 0 Å². The van der Waals surface area contributed by atoms with Crippen LogP contribution in [0.25, 0.3) is 0 Å². The third-order valence-electron chi connectivity index (χ3n) is 3.26. The van der Waals surface area contributed by atoms with Crippen molar-refractivity contribution in [2.24, 2.45) is 0 Å². The molecule has 2 aromatic rings. The minimum Gasteiger partial charge on any atom is -0.507 e. The molecule has 0 unspecified atom stereocenters. The molecule has 8 heteroatoms. The molecule has 7 nitrogen and oxygen atoms in total. The van der Waals surface area contributed by atoms with Crippen LogP contribution in [0.1, 0.15) is 16.7 Å². The zero-order valence-electron chi connectivity index (χ0n) is 12.7. The number of nitro groups is 1. The van der Waals surface area contributed by atoms with Crippen LogP contribution in [0, 0.1) is 30.9 Å². The van der Waals surface area contributed by atoms with Gasteiger partial charge in [0.05, 0.1) is 4.92 Å². The number of aryl methyl sites for hydroxylation is 3. The van der Waals surface area contributed by atoms with Gasteiger partial charge in [-0.25, -0.2) is 0 Å². The topological polar surface area (TPSA) is 107 Å². The highest BCUT2D eigenvalue weighted by Gasteiger charge is 2.24. The highest BCUT2D eigenvalue weighted by molar-refractivity contribution is 7.87.